The molecule has 1 aliphatic carbocycles. The molecule has 24 heavy (non-hydrogen) atoms. The Labute approximate surface area is 140 Å². The van der Waals surface area contributed by atoms with E-state index >= 15 is 0 Å². The third-order valence-corrected chi connectivity index (χ3v) is 5.64. The van der Waals surface area contributed by atoms with Gasteiger partial charge in [0.15, 0.2) is 0 Å². The predicted octanol–water partition coefficient (Wildman–Crippen LogP) is 0.436. The number of rotatable bonds is 4. The SMILES string of the molecule is NS(=O)(=O)c1ccc(NC(=O)NC2CCCCC2)c(S(N)(=O)=O)c1. The standard InChI is InChI=1S/C13H20N4O5S2/c14-23(19,20)10-6-7-11(12(8-10)24(15,21)22)17-13(18)16-9-4-2-1-3-5-9/h6-9H,1-5H2,(H2,14,19,20)(H2,15,21,22)(H2,16,17,18). The largest absolute Gasteiger partial charge is 0.335 e. The fraction of sp³-hybridized carbons (Fsp3) is 0.462. The number of nitrogens with two attached hydrogens (primary N) is 2. The summed E-state index contributed by atoms with van der Waals surface area (Å²) >= 11 is 0. The molecular weight excluding hydrogens is 356 g/mol. The first-order chi connectivity index (χ1) is 11.1. The molecule has 1 fully saturated rings. The van der Waals surface area contributed by atoms with Crippen LogP contribution in [-0.4, -0.2) is 28.9 Å². The van der Waals surface area contributed by atoms with E-state index in [1.165, 1.54) is 0 Å². The number of hydrogen-bond acceptors (Lipinski definition) is 5. The van der Waals surface area contributed by atoms with Gasteiger partial charge in [0.25, 0.3) is 0 Å². The van der Waals surface area contributed by atoms with E-state index in [9.17, 15) is 21.6 Å². The average molecular weight is 376 g/mol. The molecule has 0 aliphatic heterocycles. The van der Waals surface area contributed by atoms with Crippen molar-refractivity contribution < 1.29 is 21.6 Å². The first kappa shape index (κ1) is 18.6. The molecule has 11 heteroatoms. The van der Waals surface area contributed by atoms with Gasteiger partial charge in [0.1, 0.15) is 4.90 Å². The third kappa shape index (κ3) is 4.90. The summed E-state index contributed by atoms with van der Waals surface area (Å²) in [6.07, 6.45) is 4.90. The molecule has 6 N–H and O–H groups in total. The minimum Gasteiger partial charge on any atom is -0.335 e. The van der Waals surface area contributed by atoms with Crippen molar-refractivity contribution in [3.05, 3.63) is 18.2 Å². The van der Waals surface area contributed by atoms with Gasteiger partial charge in [0, 0.05) is 6.04 Å². The maximum absolute atomic E-state index is 12.0. The molecule has 9 nitrogen and oxygen atoms in total. The number of carbonyl (C=O) groups is 1. The molecule has 0 bridgehead atoms. The molecule has 1 aromatic carbocycles. The molecule has 1 saturated carbocycles. The number of amides is 2. The van der Waals surface area contributed by atoms with E-state index in [1.807, 2.05) is 0 Å². The Morgan fingerprint density at radius 1 is 1.00 bits per heavy atom. The van der Waals surface area contributed by atoms with E-state index in [1.54, 1.807) is 0 Å². The van der Waals surface area contributed by atoms with Gasteiger partial charge in [-0.05, 0) is 31.0 Å². The Morgan fingerprint density at radius 2 is 1.62 bits per heavy atom. The van der Waals surface area contributed by atoms with Crippen LogP contribution in [0.2, 0.25) is 0 Å². The molecule has 1 aromatic rings. The Bertz CT molecular complexity index is 830. The van der Waals surface area contributed by atoms with Gasteiger partial charge < -0.3 is 10.6 Å². The summed E-state index contributed by atoms with van der Waals surface area (Å²) in [5.74, 6) is 0. The van der Waals surface area contributed by atoms with Crippen molar-refractivity contribution in [3.8, 4) is 0 Å². The highest BCUT2D eigenvalue weighted by Gasteiger charge is 2.21. The number of nitrogens with one attached hydrogen (secondary N) is 2. The van der Waals surface area contributed by atoms with Crippen molar-refractivity contribution in [1.29, 1.82) is 0 Å². The lowest BCUT2D eigenvalue weighted by atomic mass is 9.96. The van der Waals surface area contributed by atoms with Gasteiger partial charge in [0.2, 0.25) is 20.0 Å². The summed E-state index contributed by atoms with van der Waals surface area (Å²) in [4.78, 5) is 11.1. The minimum atomic E-state index is -4.26. The molecule has 1 aliphatic rings. The molecule has 0 unspecified atom stereocenters. The van der Waals surface area contributed by atoms with E-state index in [-0.39, 0.29) is 11.7 Å². The lowest BCUT2D eigenvalue weighted by molar-refractivity contribution is 0.244. The van der Waals surface area contributed by atoms with Crippen LogP contribution in [0.4, 0.5) is 10.5 Å². The van der Waals surface area contributed by atoms with E-state index in [2.05, 4.69) is 10.6 Å². The van der Waals surface area contributed by atoms with Gasteiger partial charge in [-0.3, -0.25) is 0 Å². The van der Waals surface area contributed by atoms with Crippen LogP contribution in [0.1, 0.15) is 32.1 Å². The van der Waals surface area contributed by atoms with E-state index in [4.69, 9.17) is 10.3 Å². The van der Waals surface area contributed by atoms with Gasteiger partial charge in [-0.1, -0.05) is 19.3 Å². The number of hydrogen-bond donors (Lipinski definition) is 4. The van der Waals surface area contributed by atoms with E-state index in [0.29, 0.717) is 0 Å². The Balaban J connectivity index is 2.24. The monoisotopic (exact) mass is 376 g/mol. The van der Waals surface area contributed by atoms with Crippen molar-refractivity contribution in [3.63, 3.8) is 0 Å². The van der Waals surface area contributed by atoms with Crippen molar-refractivity contribution in [2.45, 2.75) is 47.9 Å². The maximum Gasteiger partial charge on any atom is 0.319 e. The van der Waals surface area contributed by atoms with Crippen molar-refractivity contribution in [2.75, 3.05) is 5.32 Å². The smallest absolute Gasteiger partial charge is 0.319 e. The average Bonchev–Trinajstić information content (AvgIpc) is 2.46. The normalized spacial score (nSPS) is 16.6. The fourth-order valence-electron chi connectivity index (χ4n) is 2.61. The summed E-state index contributed by atoms with van der Waals surface area (Å²) in [7, 11) is -8.36. The summed E-state index contributed by atoms with van der Waals surface area (Å²) in [5.41, 5.74) is -0.113. The van der Waals surface area contributed by atoms with Crippen LogP contribution >= 0.6 is 0 Å². The number of sulfonamides is 2. The van der Waals surface area contributed by atoms with Crippen LogP contribution in [0, 0.1) is 0 Å². The van der Waals surface area contributed by atoms with Crippen molar-refractivity contribution in [1.82, 2.24) is 5.32 Å². The van der Waals surface area contributed by atoms with Crippen LogP contribution in [-0.2, 0) is 20.0 Å². The second-order valence-corrected chi connectivity index (χ2v) is 8.77. The van der Waals surface area contributed by atoms with Gasteiger partial charge >= 0.3 is 6.03 Å². The zero-order chi connectivity index (χ0) is 18.0. The molecule has 2 amide bonds. The van der Waals surface area contributed by atoms with Gasteiger partial charge in [-0.15, -0.1) is 0 Å². The quantitative estimate of drug-likeness (QED) is 0.598. The van der Waals surface area contributed by atoms with Gasteiger partial charge in [-0.25, -0.2) is 31.9 Å². The molecule has 0 spiro atoms. The Kier molecular flexibility index (Phi) is 5.48. The highest BCUT2D eigenvalue weighted by molar-refractivity contribution is 7.90. The van der Waals surface area contributed by atoms with Gasteiger partial charge in [-0.2, -0.15) is 0 Å². The van der Waals surface area contributed by atoms with Crippen molar-refractivity contribution >= 4 is 31.8 Å². The third-order valence-electron chi connectivity index (χ3n) is 3.78. The molecule has 2 rings (SSSR count). The molecule has 0 aromatic heterocycles. The maximum atomic E-state index is 12.0. The molecular formula is C13H20N4O5S2. The number of primary sulfonamides is 2. The fourth-order valence-corrected chi connectivity index (χ4v) is 3.94. The van der Waals surface area contributed by atoms with E-state index in [0.717, 1.165) is 50.3 Å². The van der Waals surface area contributed by atoms with Crippen LogP contribution in [0.15, 0.2) is 28.0 Å². The van der Waals surface area contributed by atoms with Crippen molar-refractivity contribution in [2.24, 2.45) is 10.3 Å². The lowest BCUT2D eigenvalue weighted by Gasteiger charge is -2.23. The molecule has 134 valence electrons. The summed E-state index contributed by atoms with van der Waals surface area (Å²) < 4.78 is 46.1. The predicted molar refractivity (Wildman–Crippen MR) is 88.2 cm³/mol. The summed E-state index contributed by atoms with van der Waals surface area (Å²) in [6, 6.07) is 2.51. The minimum absolute atomic E-state index is 0.0281. The number of carbonyl (C=O) groups excluding carboxylic acids is 1. The van der Waals surface area contributed by atoms with Gasteiger partial charge in [0.05, 0.1) is 10.6 Å². The molecule has 0 radical (unpaired) electrons. The van der Waals surface area contributed by atoms with E-state index < -0.39 is 35.9 Å². The highest BCUT2D eigenvalue weighted by atomic mass is 32.2. The highest BCUT2D eigenvalue weighted by Crippen LogP contribution is 2.24. The number of urea groups is 1. The lowest BCUT2D eigenvalue weighted by Crippen LogP contribution is -2.39. The van der Waals surface area contributed by atoms with Crippen LogP contribution in [0.25, 0.3) is 0 Å². The second-order valence-electron chi connectivity index (χ2n) is 5.68. The second kappa shape index (κ2) is 7.05. The topological polar surface area (TPSA) is 161 Å². The first-order valence-electron chi connectivity index (χ1n) is 7.34. The first-order valence-corrected chi connectivity index (χ1v) is 10.4. The zero-order valence-electron chi connectivity index (χ0n) is 12.9. The zero-order valence-corrected chi connectivity index (χ0v) is 14.5. The summed E-state index contributed by atoms with van der Waals surface area (Å²) in [5, 5.41) is 15.2. The summed E-state index contributed by atoms with van der Waals surface area (Å²) in [6.45, 7) is 0. The Hall–Kier alpha value is -1.69. The van der Waals surface area contributed by atoms with Crippen LogP contribution in [0.3, 0.4) is 0 Å². The number of anilines is 1. The Morgan fingerprint density at radius 3 is 2.17 bits per heavy atom. The van der Waals surface area contributed by atoms with Crippen LogP contribution < -0.4 is 20.9 Å². The molecule has 0 heterocycles. The number of benzene rings is 1. The molecule has 0 atom stereocenters. The van der Waals surface area contributed by atoms with Crippen LogP contribution in [0.5, 0.6) is 0 Å². The molecule has 0 saturated heterocycles.